The van der Waals surface area contributed by atoms with Gasteiger partial charge in [-0.25, -0.2) is 9.78 Å². The molecule has 0 saturated carbocycles. The summed E-state index contributed by atoms with van der Waals surface area (Å²) in [6.45, 7) is 0. The fourth-order valence-electron chi connectivity index (χ4n) is 0.740. The minimum atomic E-state index is -0.976. The number of rotatable bonds is 3. The van der Waals surface area contributed by atoms with E-state index < -0.39 is 5.97 Å². The number of hydrogen-bond acceptors (Lipinski definition) is 8. The monoisotopic (exact) mass is 260 g/mol. The first kappa shape index (κ1) is 10.3. The number of aromatic nitrogens is 3. The van der Waals surface area contributed by atoms with E-state index in [-0.39, 0.29) is 4.88 Å². The Morgan fingerprint density at radius 2 is 2.20 bits per heavy atom. The first-order valence-corrected chi connectivity index (χ1v) is 6.06. The van der Waals surface area contributed by atoms with Crippen molar-refractivity contribution in [2.24, 2.45) is 0 Å². The van der Waals surface area contributed by atoms with Gasteiger partial charge in [-0.05, 0) is 11.8 Å². The summed E-state index contributed by atoms with van der Waals surface area (Å²) in [6.07, 6.45) is 1.32. The quantitative estimate of drug-likeness (QED) is 0.860. The molecule has 0 aliphatic carbocycles. The molecule has 0 amide bonds. The molecule has 0 saturated heterocycles. The van der Waals surface area contributed by atoms with Crippen molar-refractivity contribution < 1.29 is 9.90 Å². The second-order valence-corrected chi connectivity index (χ2v) is 5.84. The normalized spacial score (nSPS) is 10.4. The van der Waals surface area contributed by atoms with E-state index in [1.165, 1.54) is 29.3 Å². The van der Waals surface area contributed by atoms with E-state index in [4.69, 9.17) is 10.8 Å². The highest BCUT2D eigenvalue weighted by Crippen LogP contribution is 2.33. The molecule has 0 spiro atoms. The van der Waals surface area contributed by atoms with Gasteiger partial charge in [0.1, 0.15) is 4.88 Å². The Labute approximate surface area is 96.2 Å². The van der Waals surface area contributed by atoms with Crippen LogP contribution >= 0.6 is 34.4 Å². The average molecular weight is 260 g/mol. The number of anilines is 1. The van der Waals surface area contributed by atoms with Crippen LogP contribution in [-0.2, 0) is 0 Å². The Balaban J connectivity index is 2.14. The summed E-state index contributed by atoms with van der Waals surface area (Å²) in [4.78, 5) is 14.7. The van der Waals surface area contributed by atoms with Crippen LogP contribution in [0.2, 0.25) is 0 Å². The van der Waals surface area contributed by atoms with Gasteiger partial charge in [0.05, 0.1) is 6.20 Å². The molecular formula is C6H4N4O2S3. The molecule has 0 bridgehead atoms. The highest BCUT2D eigenvalue weighted by Gasteiger charge is 2.11. The molecule has 0 unspecified atom stereocenters. The maximum Gasteiger partial charge on any atom is 0.347 e. The molecule has 2 aromatic rings. The van der Waals surface area contributed by atoms with E-state index in [1.807, 2.05) is 0 Å². The number of carboxylic acids is 1. The molecule has 78 valence electrons. The Hall–Kier alpha value is -1.19. The van der Waals surface area contributed by atoms with Gasteiger partial charge in [0.2, 0.25) is 5.13 Å². The molecule has 6 nitrogen and oxygen atoms in total. The van der Waals surface area contributed by atoms with Crippen LogP contribution in [0, 0.1) is 0 Å². The smallest absolute Gasteiger partial charge is 0.347 e. The highest BCUT2D eigenvalue weighted by atomic mass is 32.2. The van der Waals surface area contributed by atoms with Crippen LogP contribution in [0.3, 0.4) is 0 Å². The van der Waals surface area contributed by atoms with E-state index in [1.54, 1.807) is 0 Å². The van der Waals surface area contributed by atoms with Crippen LogP contribution in [0.15, 0.2) is 14.9 Å². The minimum Gasteiger partial charge on any atom is -0.477 e. The lowest BCUT2D eigenvalue weighted by atomic mass is 10.6. The van der Waals surface area contributed by atoms with Crippen molar-refractivity contribution in [3.05, 3.63) is 11.1 Å². The van der Waals surface area contributed by atoms with Gasteiger partial charge in [-0.15, -0.1) is 21.5 Å². The zero-order chi connectivity index (χ0) is 10.8. The summed E-state index contributed by atoms with van der Waals surface area (Å²) in [6, 6.07) is 0. The summed E-state index contributed by atoms with van der Waals surface area (Å²) < 4.78 is 1.27. The summed E-state index contributed by atoms with van der Waals surface area (Å²) in [5.74, 6) is -0.976. The molecule has 15 heavy (non-hydrogen) atoms. The molecule has 0 radical (unpaired) electrons. The number of nitrogen functional groups attached to an aromatic ring is 1. The molecule has 2 aromatic heterocycles. The predicted octanol–water partition coefficient (Wildman–Crippen LogP) is 1.43. The zero-order valence-electron chi connectivity index (χ0n) is 7.08. The Morgan fingerprint density at radius 1 is 1.40 bits per heavy atom. The Morgan fingerprint density at radius 3 is 2.73 bits per heavy atom. The van der Waals surface area contributed by atoms with Crippen molar-refractivity contribution in [1.29, 1.82) is 0 Å². The van der Waals surface area contributed by atoms with Gasteiger partial charge in [0.15, 0.2) is 8.68 Å². The molecule has 0 atom stereocenters. The van der Waals surface area contributed by atoms with Crippen molar-refractivity contribution in [3.8, 4) is 0 Å². The lowest BCUT2D eigenvalue weighted by Crippen LogP contribution is -1.89. The summed E-state index contributed by atoms with van der Waals surface area (Å²) in [5, 5.41) is 16.5. The third kappa shape index (κ3) is 2.43. The Bertz CT molecular complexity index is 494. The van der Waals surface area contributed by atoms with Gasteiger partial charge in [-0.1, -0.05) is 11.3 Å². The van der Waals surface area contributed by atoms with E-state index >= 15 is 0 Å². The number of thiazole rings is 1. The fraction of sp³-hybridized carbons (Fsp3) is 0. The lowest BCUT2D eigenvalue weighted by molar-refractivity contribution is 0.0702. The van der Waals surface area contributed by atoms with E-state index in [0.29, 0.717) is 13.8 Å². The van der Waals surface area contributed by atoms with Crippen LogP contribution in [0.25, 0.3) is 0 Å². The van der Waals surface area contributed by atoms with Crippen molar-refractivity contribution in [1.82, 2.24) is 15.2 Å². The number of carbonyl (C=O) groups is 1. The van der Waals surface area contributed by atoms with Gasteiger partial charge in [-0.2, -0.15) is 0 Å². The van der Waals surface area contributed by atoms with Crippen LogP contribution in [0.1, 0.15) is 9.67 Å². The maximum atomic E-state index is 10.6. The van der Waals surface area contributed by atoms with Crippen LogP contribution in [0.4, 0.5) is 5.13 Å². The zero-order valence-corrected chi connectivity index (χ0v) is 9.53. The number of nitrogens with zero attached hydrogens (tertiary/aromatic N) is 3. The lowest BCUT2D eigenvalue weighted by Gasteiger charge is -1.86. The topological polar surface area (TPSA) is 102 Å². The van der Waals surface area contributed by atoms with E-state index in [0.717, 1.165) is 11.3 Å². The minimum absolute atomic E-state index is 0.204. The van der Waals surface area contributed by atoms with Crippen molar-refractivity contribution in [2.75, 3.05) is 5.73 Å². The molecule has 0 aliphatic heterocycles. The third-order valence-electron chi connectivity index (χ3n) is 1.29. The van der Waals surface area contributed by atoms with Gasteiger partial charge in [-0.3, -0.25) is 0 Å². The molecule has 2 rings (SSSR count). The van der Waals surface area contributed by atoms with Gasteiger partial charge in [0.25, 0.3) is 0 Å². The fourth-order valence-corrected chi connectivity index (χ4v) is 3.40. The number of nitrogens with two attached hydrogens (primary N) is 1. The van der Waals surface area contributed by atoms with Crippen molar-refractivity contribution in [3.63, 3.8) is 0 Å². The van der Waals surface area contributed by atoms with E-state index in [9.17, 15) is 4.79 Å². The standard InChI is InChI=1S/C6H4N4O2S3/c7-4-9-10-6(14-4)15-5-8-1-2(13-5)3(11)12/h1H,(H2,7,9)(H,11,12). The largest absolute Gasteiger partial charge is 0.477 e. The summed E-state index contributed by atoms with van der Waals surface area (Å²) >= 11 is 3.59. The second kappa shape index (κ2) is 4.13. The predicted molar refractivity (Wildman–Crippen MR) is 57.5 cm³/mol. The van der Waals surface area contributed by atoms with Crippen LogP contribution in [0.5, 0.6) is 0 Å². The first-order chi connectivity index (χ1) is 7.15. The second-order valence-electron chi connectivity index (χ2n) is 2.30. The van der Waals surface area contributed by atoms with Gasteiger partial charge in [0, 0.05) is 0 Å². The molecule has 0 aromatic carbocycles. The van der Waals surface area contributed by atoms with Gasteiger partial charge < -0.3 is 10.8 Å². The van der Waals surface area contributed by atoms with Gasteiger partial charge >= 0.3 is 5.97 Å². The summed E-state index contributed by atoms with van der Waals surface area (Å²) in [5.41, 5.74) is 5.41. The molecular weight excluding hydrogens is 256 g/mol. The van der Waals surface area contributed by atoms with Crippen molar-refractivity contribution in [2.45, 2.75) is 8.68 Å². The van der Waals surface area contributed by atoms with Crippen LogP contribution in [-0.4, -0.2) is 26.3 Å². The number of carboxylic acid groups (broad SMARTS) is 1. The average Bonchev–Trinajstić information content (AvgIpc) is 2.76. The van der Waals surface area contributed by atoms with Crippen LogP contribution < -0.4 is 5.73 Å². The Kier molecular flexibility index (Phi) is 2.84. The molecule has 3 N–H and O–H groups in total. The number of hydrogen-bond donors (Lipinski definition) is 2. The molecule has 0 aliphatic rings. The van der Waals surface area contributed by atoms with E-state index in [2.05, 4.69) is 15.2 Å². The molecule has 2 heterocycles. The molecule has 9 heteroatoms. The number of aromatic carboxylic acids is 1. The maximum absolute atomic E-state index is 10.6. The third-order valence-corrected chi connectivity index (χ3v) is 4.16. The summed E-state index contributed by atoms with van der Waals surface area (Å²) in [7, 11) is 0. The first-order valence-electron chi connectivity index (χ1n) is 3.61. The van der Waals surface area contributed by atoms with Crippen molar-refractivity contribution >= 4 is 45.5 Å². The SMILES string of the molecule is Nc1nnc(Sc2ncc(C(=O)O)s2)s1. The molecule has 0 fully saturated rings. The highest BCUT2D eigenvalue weighted by molar-refractivity contribution is 8.02.